The molecule has 2 bridgehead atoms. The number of amides is 2. The van der Waals surface area contributed by atoms with Gasteiger partial charge in [0.2, 0.25) is 0 Å². The molecule has 0 spiro atoms. The molecule has 0 aliphatic heterocycles. The highest BCUT2D eigenvalue weighted by Gasteiger charge is 2.42. The summed E-state index contributed by atoms with van der Waals surface area (Å²) in [5.41, 5.74) is 1.19. The molecule has 0 aromatic rings. The Morgan fingerprint density at radius 3 is 2.72 bits per heavy atom. The lowest BCUT2D eigenvalue weighted by Gasteiger charge is -2.28. The fourth-order valence-electron chi connectivity index (χ4n) is 3.55. The molecule has 2 rings (SSSR count). The Kier molecular flexibility index (Phi) is 4.31. The van der Waals surface area contributed by atoms with Crippen molar-refractivity contribution in [3.05, 3.63) is 11.8 Å². The number of hydrogen-bond donors (Lipinski definition) is 2. The predicted molar refractivity (Wildman–Crippen MR) is 74.1 cm³/mol. The van der Waals surface area contributed by atoms with E-state index in [1.807, 2.05) is 13.1 Å². The molecule has 2 aliphatic rings. The highest BCUT2D eigenvalue weighted by atomic mass is 16.2. The molecular formula is C15H26N2O. The van der Waals surface area contributed by atoms with E-state index >= 15 is 0 Å². The number of rotatable bonds is 4. The van der Waals surface area contributed by atoms with Gasteiger partial charge in [0.15, 0.2) is 0 Å². The van der Waals surface area contributed by atoms with E-state index in [2.05, 4.69) is 24.5 Å². The van der Waals surface area contributed by atoms with E-state index in [1.165, 1.54) is 31.3 Å². The molecule has 18 heavy (non-hydrogen) atoms. The molecule has 0 saturated heterocycles. The molecule has 0 heterocycles. The van der Waals surface area contributed by atoms with E-state index in [9.17, 15) is 4.79 Å². The molecule has 2 saturated carbocycles. The van der Waals surface area contributed by atoms with Crippen LogP contribution < -0.4 is 10.6 Å². The highest BCUT2D eigenvalue weighted by molar-refractivity contribution is 5.75. The lowest BCUT2D eigenvalue weighted by Crippen LogP contribution is -2.43. The zero-order valence-corrected chi connectivity index (χ0v) is 11.8. The second-order valence-electron chi connectivity index (χ2n) is 6.09. The van der Waals surface area contributed by atoms with E-state index < -0.39 is 0 Å². The lowest BCUT2D eigenvalue weighted by atomic mass is 9.84. The average molecular weight is 250 g/mol. The van der Waals surface area contributed by atoms with E-state index in [0.717, 1.165) is 18.3 Å². The molecule has 2 amide bonds. The molecule has 0 aromatic carbocycles. The second kappa shape index (κ2) is 5.77. The number of carbonyl (C=O) groups excluding carboxylic acids is 1. The molecule has 3 heteroatoms. The van der Waals surface area contributed by atoms with Gasteiger partial charge in [0.25, 0.3) is 0 Å². The Labute approximate surface area is 110 Å². The van der Waals surface area contributed by atoms with Crippen LogP contribution in [0.2, 0.25) is 0 Å². The summed E-state index contributed by atoms with van der Waals surface area (Å²) >= 11 is 0. The standard InChI is InChI=1S/C15H26N2O/c1-4-10(2)9-16-15(18)17-11(3)14-8-12-5-6-13(14)7-12/h9,11-14H,4-8H2,1-3H3,(H2,16,17,18)/b10-9+. The molecular weight excluding hydrogens is 224 g/mol. The molecule has 2 fully saturated rings. The van der Waals surface area contributed by atoms with Gasteiger partial charge in [0.05, 0.1) is 0 Å². The van der Waals surface area contributed by atoms with Crippen LogP contribution in [-0.4, -0.2) is 12.1 Å². The topological polar surface area (TPSA) is 41.1 Å². The van der Waals surface area contributed by atoms with Crippen molar-refractivity contribution < 1.29 is 4.79 Å². The van der Waals surface area contributed by atoms with Gasteiger partial charge in [-0.2, -0.15) is 0 Å². The van der Waals surface area contributed by atoms with Crippen molar-refractivity contribution in [1.29, 1.82) is 0 Å². The summed E-state index contributed by atoms with van der Waals surface area (Å²) in [6, 6.07) is 0.244. The van der Waals surface area contributed by atoms with E-state index in [4.69, 9.17) is 0 Å². The third-order valence-corrected chi connectivity index (χ3v) is 4.80. The van der Waals surface area contributed by atoms with Crippen LogP contribution in [0.3, 0.4) is 0 Å². The Morgan fingerprint density at radius 1 is 1.39 bits per heavy atom. The number of carbonyl (C=O) groups is 1. The van der Waals surface area contributed by atoms with Gasteiger partial charge < -0.3 is 10.6 Å². The minimum atomic E-state index is -0.0573. The highest BCUT2D eigenvalue weighted by Crippen LogP contribution is 2.49. The first-order valence-electron chi connectivity index (χ1n) is 7.32. The average Bonchev–Trinajstić information content (AvgIpc) is 2.97. The molecule has 0 aromatic heterocycles. The van der Waals surface area contributed by atoms with Crippen molar-refractivity contribution in [2.75, 3.05) is 0 Å². The minimum absolute atomic E-state index is 0.0573. The summed E-state index contributed by atoms with van der Waals surface area (Å²) in [6.45, 7) is 6.27. The van der Waals surface area contributed by atoms with Crippen molar-refractivity contribution in [1.82, 2.24) is 10.6 Å². The molecule has 2 aliphatic carbocycles. The second-order valence-corrected chi connectivity index (χ2v) is 6.09. The van der Waals surface area contributed by atoms with E-state index in [-0.39, 0.29) is 6.03 Å². The lowest BCUT2D eigenvalue weighted by molar-refractivity contribution is 0.223. The van der Waals surface area contributed by atoms with Gasteiger partial charge >= 0.3 is 6.03 Å². The van der Waals surface area contributed by atoms with Gasteiger partial charge in [-0.05, 0) is 57.3 Å². The normalized spacial score (nSPS) is 32.4. The van der Waals surface area contributed by atoms with Crippen LogP contribution in [0.25, 0.3) is 0 Å². The van der Waals surface area contributed by atoms with Gasteiger partial charge in [-0.25, -0.2) is 4.79 Å². The maximum absolute atomic E-state index is 11.8. The van der Waals surface area contributed by atoms with Crippen LogP contribution in [0.5, 0.6) is 0 Å². The van der Waals surface area contributed by atoms with Crippen molar-refractivity contribution in [2.24, 2.45) is 17.8 Å². The third-order valence-electron chi connectivity index (χ3n) is 4.80. The smallest absolute Gasteiger partial charge is 0.318 e. The van der Waals surface area contributed by atoms with Crippen molar-refractivity contribution >= 4 is 6.03 Å². The maximum Gasteiger partial charge on any atom is 0.318 e. The number of allylic oxidation sites excluding steroid dienone is 1. The van der Waals surface area contributed by atoms with Crippen LogP contribution >= 0.6 is 0 Å². The molecule has 102 valence electrons. The zero-order chi connectivity index (χ0) is 13.1. The fourth-order valence-corrected chi connectivity index (χ4v) is 3.55. The predicted octanol–water partition coefficient (Wildman–Crippen LogP) is 3.42. The third kappa shape index (κ3) is 3.06. The summed E-state index contributed by atoms with van der Waals surface area (Å²) in [6.07, 6.45) is 8.28. The molecule has 0 radical (unpaired) electrons. The SMILES string of the molecule is CC/C(C)=C/NC(=O)NC(C)C1CC2CCC1C2. The van der Waals surface area contributed by atoms with Crippen LogP contribution in [0, 0.1) is 17.8 Å². The first-order chi connectivity index (χ1) is 8.60. The monoisotopic (exact) mass is 250 g/mol. The van der Waals surface area contributed by atoms with Gasteiger partial charge in [0, 0.05) is 12.2 Å². The van der Waals surface area contributed by atoms with Crippen LogP contribution in [0.1, 0.15) is 52.9 Å². The summed E-state index contributed by atoms with van der Waals surface area (Å²) in [5, 5.41) is 5.91. The largest absolute Gasteiger partial charge is 0.335 e. The molecule has 4 atom stereocenters. The number of hydrogen-bond acceptors (Lipinski definition) is 1. The fraction of sp³-hybridized carbons (Fsp3) is 0.800. The Bertz CT molecular complexity index is 337. The van der Waals surface area contributed by atoms with Gasteiger partial charge in [-0.3, -0.25) is 0 Å². The van der Waals surface area contributed by atoms with E-state index in [1.54, 1.807) is 0 Å². The van der Waals surface area contributed by atoms with E-state index in [0.29, 0.717) is 12.0 Å². The molecule has 3 nitrogen and oxygen atoms in total. The number of nitrogens with one attached hydrogen (secondary N) is 2. The summed E-state index contributed by atoms with van der Waals surface area (Å²) < 4.78 is 0. The first kappa shape index (κ1) is 13.4. The summed E-state index contributed by atoms with van der Waals surface area (Å²) in [7, 11) is 0. The maximum atomic E-state index is 11.8. The molecule has 4 unspecified atom stereocenters. The van der Waals surface area contributed by atoms with Crippen molar-refractivity contribution in [3.63, 3.8) is 0 Å². The summed E-state index contributed by atoms with van der Waals surface area (Å²) in [4.78, 5) is 11.8. The summed E-state index contributed by atoms with van der Waals surface area (Å²) in [5.74, 6) is 2.50. The minimum Gasteiger partial charge on any atom is -0.335 e. The Morgan fingerprint density at radius 2 is 2.17 bits per heavy atom. The van der Waals surface area contributed by atoms with Gasteiger partial charge in [0.1, 0.15) is 0 Å². The van der Waals surface area contributed by atoms with Crippen molar-refractivity contribution in [3.8, 4) is 0 Å². The first-order valence-corrected chi connectivity index (χ1v) is 7.32. The van der Waals surface area contributed by atoms with Gasteiger partial charge in [-0.15, -0.1) is 0 Å². The zero-order valence-electron chi connectivity index (χ0n) is 11.8. The Hall–Kier alpha value is -0.990. The van der Waals surface area contributed by atoms with Crippen LogP contribution in [0.15, 0.2) is 11.8 Å². The van der Waals surface area contributed by atoms with Crippen molar-refractivity contribution in [2.45, 2.75) is 58.9 Å². The van der Waals surface area contributed by atoms with Crippen LogP contribution in [0.4, 0.5) is 4.79 Å². The van der Waals surface area contributed by atoms with Gasteiger partial charge in [-0.1, -0.05) is 18.9 Å². The molecule has 2 N–H and O–H groups in total. The Balaban J connectivity index is 1.77. The number of urea groups is 1. The quantitative estimate of drug-likeness (QED) is 0.788. The van der Waals surface area contributed by atoms with Crippen LogP contribution in [-0.2, 0) is 0 Å². The number of fused-ring (bicyclic) bond motifs is 2.